The molecule has 96 valence electrons. The van der Waals surface area contributed by atoms with Crippen molar-refractivity contribution in [1.29, 1.82) is 0 Å². The first-order valence-electron chi connectivity index (χ1n) is 6.05. The van der Waals surface area contributed by atoms with Gasteiger partial charge in [0.25, 0.3) is 0 Å². The molecule has 17 heavy (non-hydrogen) atoms. The molecule has 0 aliphatic heterocycles. The van der Waals surface area contributed by atoms with Crippen molar-refractivity contribution >= 4 is 5.78 Å². The summed E-state index contributed by atoms with van der Waals surface area (Å²) in [6, 6.07) is 1.98. The molecule has 0 amide bonds. The van der Waals surface area contributed by atoms with Crippen LogP contribution in [-0.2, 0) is 11.3 Å². The molecule has 1 aromatic rings. The standard InChI is InChI=1S/C14H23NO2/c1-11-12(7-9-17-11)10-15(5)8-6-13(16)14(2,3)4/h7,9H,6,8,10H2,1-5H3. The van der Waals surface area contributed by atoms with Gasteiger partial charge < -0.3 is 9.32 Å². The molecule has 3 heteroatoms. The number of ketones is 1. The smallest absolute Gasteiger partial charge is 0.139 e. The van der Waals surface area contributed by atoms with E-state index in [4.69, 9.17) is 4.42 Å². The van der Waals surface area contributed by atoms with Crippen LogP contribution < -0.4 is 0 Å². The zero-order valence-corrected chi connectivity index (χ0v) is 11.5. The van der Waals surface area contributed by atoms with Gasteiger partial charge in [0.05, 0.1) is 6.26 Å². The van der Waals surface area contributed by atoms with Gasteiger partial charge in [-0.2, -0.15) is 0 Å². The SMILES string of the molecule is Cc1occc1CN(C)CCC(=O)C(C)(C)C. The summed E-state index contributed by atoms with van der Waals surface area (Å²) in [7, 11) is 2.03. The average Bonchev–Trinajstić information content (AvgIpc) is 2.59. The second-order valence-corrected chi connectivity index (χ2v) is 5.66. The van der Waals surface area contributed by atoms with Gasteiger partial charge >= 0.3 is 0 Å². The first-order valence-corrected chi connectivity index (χ1v) is 6.05. The highest BCUT2D eigenvalue weighted by Crippen LogP contribution is 2.17. The molecule has 1 aromatic heterocycles. The number of carbonyl (C=O) groups is 1. The Bertz CT molecular complexity index is 374. The molecule has 0 aliphatic rings. The van der Waals surface area contributed by atoms with Gasteiger partial charge in [-0.15, -0.1) is 0 Å². The zero-order valence-electron chi connectivity index (χ0n) is 11.5. The number of hydrogen-bond acceptors (Lipinski definition) is 3. The predicted molar refractivity (Wildman–Crippen MR) is 68.9 cm³/mol. The minimum atomic E-state index is -0.230. The summed E-state index contributed by atoms with van der Waals surface area (Å²) in [5, 5.41) is 0. The summed E-state index contributed by atoms with van der Waals surface area (Å²) in [4.78, 5) is 13.9. The van der Waals surface area contributed by atoms with E-state index < -0.39 is 0 Å². The van der Waals surface area contributed by atoms with Crippen LogP contribution in [0.3, 0.4) is 0 Å². The molecule has 0 spiro atoms. The van der Waals surface area contributed by atoms with Crippen LogP contribution in [-0.4, -0.2) is 24.3 Å². The lowest BCUT2D eigenvalue weighted by Gasteiger charge is -2.20. The molecule has 0 N–H and O–H groups in total. The third-order valence-corrected chi connectivity index (χ3v) is 2.96. The number of furan rings is 1. The van der Waals surface area contributed by atoms with E-state index >= 15 is 0 Å². The van der Waals surface area contributed by atoms with Crippen molar-refractivity contribution in [2.45, 2.75) is 40.7 Å². The monoisotopic (exact) mass is 237 g/mol. The Morgan fingerprint density at radius 3 is 2.53 bits per heavy atom. The van der Waals surface area contributed by atoms with Crippen LogP contribution in [0.2, 0.25) is 0 Å². The van der Waals surface area contributed by atoms with Crippen LogP contribution in [0.4, 0.5) is 0 Å². The molecule has 0 aliphatic carbocycles. The van der Waals surface area contributed by atoms with Crippen LogP contribution in [0.25, 0.3) is 0 Å². The summed E-state index contributed by atoms with van der Waals surface area (Å²) < 4.78 is 5.25. The average molecular weight is 237 g/mol. The summed E-state index contributed by atoms with van der Waals surface area (Å²) >= 11 is 0. The molecule has 0 bridgehead atoms. The molecule has 0 saturated heterocycles. The maximum Gasteiger partial charge on any atom is 0.139 e. The highest BCUT2D eigenvalue weighted by atomic mass is 16.3. The van der Waals surface area contributed by atoms with Gasteiger partial charge in [-0.3, -0.25) is 4.79 Å². The van der Waals surface area contributed by atoms with E-state index in [1.165, 1.54) is 5.56 Å². The molecular formula is C14H23NO2. The lowest BCUT2D eigenvalue weighted by atomic mass is 9.89. The number of rotatable bonds is 5. The fraction of sp³-hybridized carbons (Fsp3) is 0.643. The van der Waals surface area contributed by atoms with Gasteiger partial charge in [-0.05, 0) is 20.0 Å². The number of carbonyl (C=O) groups excluding carboxylic acids is 1. The lowest BCUT2D eigenvalue weighted by Crippen LogP contribution is -2.27. The van der Waals surface area contributed by atoms with Crippen molar-refractivity contribution in [3.05, 3.63) is 23.7 Å². The van der Waals surface area contributed by atoms with E-state index in [1.54, 1.807) is 6.26 Å². The predicted octanol–water partition coefficient (Wildman–Crippen LogP) is 3.03. The highest BCUT2D eigenvalue weighted by molar-refractivity contribution is 5.83. The minimum absolute atomic E-state index is 0.230. The third-order valence-electron chi connectivity index (χ3n) is 2.96. The Morgan fingerprint density at radius 1 is 1.41 bits per heavy atom. The summed E-state index contributed by atoms with van der Waals surface area (Å²) in [6.45, 7) is 9.49. The fourth-order valence-electron chi connectivity index (χ4n) is 1.61. The quantitative estimate of drug-likeness (QED) is 0.789. The molecule has 0 unspecified atom stereocenters. The van der Waals surface area contributed by atoms with Crippen LogP contribution in [0.15, 0.2) is 16.7 Å². The molecule has 1 rings (SSSR count). The largest absolute Gasteiger partial charge is 0.469 e. The Morgan fingerprint density at radius 2 is 2.06 bits per heavy atom. The van der Waals surface area contributed by atoms with Crippen LogP contribution in [0, 0.1) is 12.3 Å². The second kappa shape index (κ2) is 5.50. The van der Waals surface area contributed by atoms with Crippen molar-refractivity contribution in [1.82, 2.24) is 4.90 Å². The fourth-order valence-corrected chi connectivity index (χ4v) is 1.61. The van der Waals surface area contributed by atoms with Crippen molar-refractivity contribution < 1.29 is 9.21 Å². The normalized spacial score (nSPS) is 12.1. The Kier molecular flexibility index (Phi) is 4.52. The number of Topliss-reactive ketones (excluding diaryl/α,β-unsaturated/α-hetero) is 1. The second-order valence-electron chi connectivity index (χ2n) is 5.66. The Hall–Kier alpha value is -1.09. The number of aryl methyl sites for hydroxylation is 1. The Balaban J connectivity index is 2.39. The number of nitrogens with zero attached hydrogens (tertiary/aromatic N) is 1. The maximum absolute atomic E-state index is 11.8. The van der Waals surface area contributed by atoms with Crippen molar-refractivity contribution in [3.63, 3.8) is 0 Å². The van der Waals surface area contributed by atoms with E-state index in [0.717, 1.165) is 18.8 Å². The van der Waals surface area contributed by atoms with Crippen LogP contribution in [0.5, 0.6) is 0 Å². The number of hydrogen-bond donors (Lipinski definition) is 0. The summed E-state index contributed by atoms with van der Waals surface area (Å²) in [6.07, 6.45) is 2.32. The van der Waals surface area contributed by atoms with Crippen molar-refractivity contribution in [2.24, 2.45) is 5.41 Å². The molecule has 0 aromatic carbocycles. The van der Waals surface area contributed by atoms with Gasteiger partial charge in [0.1, 0.15) is 11.5 Å². The van der Waals surface area contributed by atoms with E-state index in [0.29, 0.717) is 12.2 Å². The molecule has 0 radical (unpaired) electrons. The summed E-state index contributed by atoms with van der Waals surface area (Å²) in [5.41, 5.74) is 0.961. The molecule has 0 fully saturated rings. The highest BCUT2D eigenvalue weighted by Gasteiger charge is 2.20. The maximum atomic E-state index is 11.8. The zero-order chi connectivity index (χ0) is 13.1. The first-order chi connectivity index (χ1) is 7.80. The van der Waals surface area contributed by atoms with E-state index in [1.807, 2.05) is 40.8 Å². The van der Waals surface area contributed by atoms with Crippen molar-refractivity contribution in [3.8, 4) is 0 Å². The van der Waals surface area contributed by atoms with E-state index in [-0.39, 0.29) is 5.41 Å². The van der Waals surface area contributed by atoms with Gasteiger partial charge in [0, 0.05) is 30.5 Å². The van der Waals surface area contributed by atoms with E-state index in [9.17, 15) is 4.79 Å². The summed E-state index contributed by atoms with van der Waals surface area (Å²) in [5.74, 6) is 1.27. The molecule has 0 saturated carbocycles. The first kappa shape index (κ1) is 14.0. The van der Waals surface area contributed by atoms with Crippen molar-refractivity contribution in [2.75, 3.05) is 13.6 Å². The van der Waals surface area contributed by atoms with Crippen LogP contribution >= 0.6 is 0 Å². The molecule has 1 heterocycles. The topological polar surface area (TPSA) is 33.5 Å². The molecule has 3 nitrogen and oxygen atoms in total. The van der Waals surface area contributed by atoms with Gasteiger partial charge in [-0.25, -0.2) is 0 Å². The van der Waals surface area contributed by atoms with Gasteiger partial charge in [0.2, 0.25) is 0 Å². The van der Waals surface area contributed by atoms with Gasteiger partial charge in [0.15, 0.2) is 0 Å². The van der Waals surface area contributed by atoms with Gasteiger partial charge in [-0.1, -0.05) is 20.8 Å². The molecule has 0 atom stereocenters. The lowest BCUT2D eigenvalue weighted by molar-refractivity contribution is -0.126. The third kappa shape index (κ3) is 4.35. The molecular weight excluding hydrogens is 214 g/mol. The van der Waals surface area contributed by atoms with Crippen LogP contribution in [0.1, 0.15) is 38.5 Å². The Labute approximate surface area is 104 Å². The minimum Gasteiger partial charge on any atom is -0.469 e. The van der Waals surface area contributed by atoms with E-state index in [2.05, 4.69) is 4.90 Å².